The number of hydrogen-bond acceptors (Lipinski definition) is 11. The summed E-state index contributed by atoms with van der Waals surface area (Å²) in [6.07, 6.45) is -3.82. The van der Waals surface area contributed by atoms with E-state index in [2.05, 4.69) is 13.1 Å². The molecule has 1 saturated heterocycles. The number of hydrogen-bond donors (Lipinski definition) is 6. The third kappa shape index (κ3) is 6.27. The maximum Gasteiger partial charge on any atom is 0.490 e. The summed E-state index contributed by atoms with van der Waals surface area (Å²) in [5.41, 5.74) is -3.56. The average Bonchev–Trinajstić information content (AvgIpc) is 2.82. The molecule has 6 N–H and O–H groups in total. The Morgan fingerprint density at radius 3 is 2.35 bits per heavy atom. The fourth-order valence-corrected chi connectivity index (χ4v) is 5.63. The van der Waals surface area contributed by atoms with Crippen LogP contribution in [0.5, 0.6) is 0 Å². The van der Waals surface area contributed by atoms with Crippen molar-refractivity contribution < 1.29 is 56.3 Å². The Labute approximate surface area is 171 Å². The lowest BCUT2D eigenvalue weighted by atomic mass is 9.84. The van der Waals surface area contributed by atoms with E-state index in [1.807, 2.05) is 4.98 Å². The SMILES string of the molecule is C[C@@]1(C#N)[C@H](O)[C@@H](COP(=O)(O)OP(=O)(O)OP(=O)(O)O)O[C@H]1n1ccc(=O)[nH]c1=O. The summed E-state index contributed by atoms with van der Waals surface area (Å²) < 4.78 is 51.3. The predicted octanol–water partition coefficient (Wildman–Crippen LogP) is -1.33. The Kier molecular flexibility index (Phi) is 7.31. The van der Waals surface area contributed by atoms with Gasteiger partial charge in [0.15, 0.2) is 6.23 Å². The first-order valence-corrected chi connectivity index (χ1v) is 12.4. The van der Waals surface area contributed by atoms with Crippen molar-refractivity contribution in [1.82, 2.24) is 9.55 Å². The number of ether oxygens (including phenoxy) is 1. The number of nitrogens with zero attached hydrogens (tertiary/aromatic N) is 2. The molecule has 2 rings (SSSR count). The molecule has 0 saturated carbocycles. The van der Waals surface area contributed by atoms with E-state index in [0.717, 1.165) is 16.8 Å². The van der Waals surface area contributed by atoms with Crippen LogP contribution in [0.15, 0.2) is 21.9 Å². The first-order chi connectivity index (χ1) is 14.0. The van der Waals surface area contributed by atoms with Gasteiger partial charge in [-0.15, -0.1) is 0 Å². The Morgan fingerprint density at radius 2 is 1.84 bits per heavy atom. The van der Waals surface area contributed by atoms with Gasteiger partial charge in [0.25, 0.3) is 5.56 Å². The minimum absolute atomic E-state index is 0.748. The molecule has 0 aliphatic carbocycles. The summed E-state index contributed by atoms with van der Waals surface area (Å²) >= 11 is 0. The molecule has 1 aromatic heterocycles. The fraction of sp³-hybridized carbons (Fsp3) is 0.545. The molecule has 0 amide bonds. The van der Waals surface area contributed by atoms with Crippen molar-refractivity contribution >= 4 is 23.5 Å². The second-order valence-corrected chi connectivity index (χ2v) is 10.7. The van der Waals surface area contributed by atoms with Gasteiger partial charge in [-0.3, -0.25) is 18.9 Å². The maximum absolute atomic E-state index is 12.0. The first kappa shape index (κ1) is 25.8. The molecule has 1 aliphatic rings. The number of nitriles is 1. The van der Waals surface area contributed by atoms with E-state index in [1.165, 1.54) is 6.92 Å². The summed E-state index contributed by atoms with van der Waals surface area (Å²) in [6, 6.07) is 2.67. The van der Waals surface area contributed by atoms with Gasteiger partial charge in [-0.25, -0.2) is 18.5 Å². The first-order valence-electron chi connectivity index (χ1n) is 7.84. The molecule has 20 heteroatoms. The molecule has 1 aromatic rings. The van der Waals surface area contributed by atoms with Crippen LogP contribution in [0.4, 0.5) is 0 Å². The monoisotopic (exact) mass is 507 g/mol. The number of phosphoric ester groups is 1. The van der Waals surface area contributed by atoms with Crippen molar-refractivity contribution in [1.29, 1.82) is 5.26 Å². The predicted molar refractivity (Wildman–Crippen MR) is 94.8 cm³/mol. The van der Waals surface area contributed by atoms with Crippen molar-refractivity contribution in [3.05, 3.63) is 33.1 Å². The molecule has 0 bridgehead atoms. The van der Waals surface area contributed by atoms with E-state index in [9.17, 15) is 38.5 Å². The van der Waals surface area contributed by atoms with Gasteiger partial charge >= 0.3 is 29.2 Å². The van der Waals surface area contributed by atoms with E-state index in [0.29, 0.717) is 0 Å². The molecule has 174 valence electrons. The molecule has 0 spiro atoms. The highest BCUT2D eigenvalue weighted by atomic mass is 31.3. The Morgan fingerprint density at radius 1 is 1.23 bits per heavy atom. The van der Waals surface area contributed by atoms with E-state index in [1.54, 1.807) is 6.07 Å². The van der Waals surface area contributed by atoms with Crippen molar-refractivity contribution in [3.8, 4) is 6.07 Å². The van der Waals surface area contributed by atoms with Crippen LogP contribution in [0.25, 0.3) is 0 Å². The fourth-order valence-electron chi connectivity index (χ4n) is 2.60. The number of aromatic amines is 1. The largest absolute Gasteiger partial charge is 0.490 e. The molecule has 6 atom stereocenters. The lowest BCUT2D eigenvalue weighted by molar-refractivity contribution is -0.0495. The maximum atomic E-state index is 12.0. The number of nitrogens with one attached hydrogen (secondary N) is 1. The van der Waals surface area contributed by atoms with Crippen molar-refractivity contribution in [2.75, 3.05) is 6.61 Å². The highest BCUT2D eigenvalue weighted by Crippen LogP contribution is 2.66. The van der Waals surface area contributed by atoms with Gasteiger partial charge in [0.05, 0.1) is 12.7 Å². The summed E-state index contributed by atoms with van der Waals surface area (Å²) in [6.45, 7) is 0.140. The second-order valence-electron chi connectivity index (χ2n) is 6.27. The van der Waals surface area contributed by atoms with Gasteiger partial charge in [0.2, 0.25) is 0 Å². The van der Waals surface area contributed by atoms with Crippen LogP contribution in [0.3, 0.4) is 0 Å². The van der Waals surface area contributed by atoms with Crippen LogP contribution in [-0.4, -0.2) is 53.0 Å². The molecule has 0 aromatic carbocycles. The number of aromatic nitrogens is 2. The normalized spacial score (nSPS) is 30.3. The van der Waals surface area contributed by atoms with E-state index >= 15 is 0 Å². The van der Waals surface area contributed by atoms with Crippen LogP contribution in [0, 0.1) is 16.7 Å². The van der Waals surface area contributed by atoms with E-state index in [4.69, 9.17) is 19.4 Å². The molecule has 31 heavy (non-hydrogen) atoms. The van der Waals surface area contributed by atoms with Crippen LogP contribution >= 0.6 is 23.5 Å². The third-order valence-electron chi connectivity index (χ3n) is 3.95. The number of rotatable bonds is 8. The summed E-state index contributed by atoms with van der Waals surface area (Å²) in [7, 11) is -16.8. The van der Waals surface area contributed by atoms with Gasteiger partial charge in [0, 0.05) is 12.3 Å². The summed E-state index contributed by atoms with van der Waals surface area (Å²) in [5, 5.41) is 19.9. The van der Waals surface area contributed by atoms with Gasteiger partial charge in [-0.05, 0) is 6.92 Å². The zero-order valence-electron chi connectivity index (χ0n) is 15.2. The van der Waals surface area contributed by atoms with Gasteiger partial charge in [-0.2, -0.15) is 13.9 Å². The minimum Gasteiger partial charge on any atom is -0.388 e. The zero-order chi connectivity index (χ0) is 23.8. The van der Waals surface area contributed by atoms with Gasteiger partial charge in [-0.1, -0.05) is 0 Å². The van der Waals surface area contributed by atoms with Crippen molar-refractivity contribution in [2.24, 2.45) is 5.41 Å². The van der Waals surface area contributed by atoms with Crippen LogP contribution < -0.4 is 11.2 Å². The molecule has 1 aliphatic heterocycles. The summed E-state index contributed by atoms with van der Waals surface area (Å²) in [4.78, 5) is 60.7. The zero-order valence-corrected chi connectivity index (χ0v) is 17.9. The van der Waals surface area contributed by atoms with Crippen LogP contribution in [0.1, 0.15) is 13.2 Å². The van der Waals surface area contributed by atoms with Gasteiger partial charge < -0.3 is 29.4 Å². The number of aliphatic hydroxyl groups excluding tert-OH is 1. The molecule has 1 fully saturated rings. The minimum atomic E-state index is -5.75. The van der Waals surface area contributed by atoms with Crippen molar-refractivity contribution in [3.63, 3.8) is 0 Å². The molecular formula is C11H16N3O14P3. The van der Waals surface area contributed by atoms with E-state index < -0.39 is 65.2 Å². The smallest absolute Gasteiger partial charge is 0.388 e. The van der Waals surface area contributed by atoms with Crippen molar-refractivity contribution in [2.45, 2.75) is 25.4 Å². The number of phosphoric acid groups is 3. The molecular weight excluding hydrogens is 491 g/mol. The lowest BCUT2D eigenvalue weighted by Gasteiger charge is -2.25. The van der Waals surface area contributed by atoms with Crippen LogP contribution in [0.2, 0.25) is 0 Å². The Bertz CT molecular complexity index is 1130. The van der Waals surface area contributed by atoms with E-state index in [-0.39, 0.29) is 0 Å². The topological polar surface area (TPSA) is 268 Å². The lowest BCUT2D eigenvalue weighted by Crippen LogP contribution is -2.40. The number of H-pyrrole nitrogens is 1. The highest BCUT2D eigenvalue weighted by Gasteiger charge is 2.55. The quantitative estimate of drug-likeness (QED) is 0.222. The second kappa shape index (κ2) is 8.80. The van der Waals surface area contributed by atoms with Gasteiger partial charge in [0.1, 0.15) is 17.6 Å². The Balaban J connectivity index is 2.19. The average molecular weight is 507 g/mol. The molecule has 2 unspecified atom stereocenters. The standard InChI is InChI=1S/C11H16N3O14P3/c1-11(5-12)8(16)6(26-9(11)14-3-2-7(15)13-10(14)17)4-25-30(21,22)28-31(23,24)27-29(18,19)20/h2-3,6,8-9,16H,4H2,1H3,(H,21,22)(H,23,24)(H,13,15,17)(H2,18,19,20)/t6-,8-,9-,11-/m1/s1. The van der Waals surface area contributed by atoms with Crippen LogP contribution in [-0.2, 0) is 31.6 Å². The Hall–Kier alpha value is -1.50. The highest BCUT2D eigenvalue weighted by molar-refractivity contribution is 7.66. The third-order valence-corrected chi connectivity index (χ3v) is 7.75. The molecule has 17 nitrogen and oxygen atoms in total. The molecule has 2 heterocycles. The number of aliphatic hydroxyl groups is 1. The summed E-state index contributed by atoms with van der Waals surface area (Å²) in [5.74, 6) is 0. The molecule has 0 radical (unpaired) electrons.